The van der Waals surface area contributed by atoms with Crippen LogP contribution >= 0.6 is 0 Å². The molecule has 0 saturated carbocycles. The first-order chi connectivity index (χ1) is 19.3. The van der Waals surface area contributed by atoms with Crippen LogP contribution in [-0.4, -0.2) is 56.1 Å². The predicted molar refractivity (Wildman–Crippen MR) is 151 cm³/mol. The lowest BCUT2D eigenvalue weighted by molar-refractivity contribution is -0.627. The maximum absolute atomic E-state index is 13.1. The number of alkyl carbamates (subject to hydrolysis) is 1. The zero-order valence-corrected chi connectivity index (χ0v) is 23.1. The molecule has 10 nitrogen and oxygen atoms in total. The van der Waals surface area contributed by atoms with Crippen LogP contribution in [0.5, 0.6) is 0 Å². The van der Waals surface area contributed by atoms with E-state index >= 15 is 0 Å². The number of amides is 3. The van der Waals surface area contributed by atoms with E-state index in [-0.39, 0.29) is 30.6 Å². The first-order valence-corrected chi connectivity index (χ1v) is 13.4. The second-order valence-corrected chi connectivity index (χ2v) is 9.89. The number of aliphatic imine (C=N–C) groups is 1. The molecule has 0 saturated heterocycles. The second kappa shape index (κ2) is 15.3. The Kier molecular flexibility index (Phi) is 11.6. The van der Waals surface area contributed by atoms with Crippen molar-refractivity contribution < 1.29 is 33.6 Å². The third-order valence-electron chi connectivity index (χ3n) is 6.14. The van der Waals surface area contributed by atoms with Crippen LogP contribution in [0.4, 0.5) is 4.79 Å². The number of furan rings is 1. The van der Waals surface area contributed by atoms with E-state index in [1.807, 2.05) is 74.7 Å². The highest BCUT2D eigenvalue weighted by Gasteiger charge is 2.25. The van der Waals surface area contributed by atoms with E-state index in [1.54, 1.807) is 12.1 Å². The number of benzene rings is 2. The maximum Gasteiger partial charge on any atom is 0.407 e. The number of nitrogens with zero attached hydrogens (tertiary/aromatic N) is 1. The largest absolute Gasteiger partial charge is 0.451 e. The van der Waals surface area contributed by atoms with E-state index < -0.39 is 29.9 Å². The van der Waals surface area contributed by atoms with Crippen LogP contribution in [0.1, 0.15) is 42.8 Å². The van der Waals surface area contributed by atoms with Crippen molar-refractivity contribution in [3.8, 4) is 0 Å². The zero-order valence-electron chi connectivity index (χ0n) is 23.1. The molecule has 3 amide bonds. The molecule has 2 aromatic carbocycles. The van der Waals surface area contributed by atoms with E-state index in [2.05, 4.69) is 15.6 Å². The zero-order chi connectivity index (χ0) is 28.9. The highest BCUT2D eigenvalue weighted by atomic mass is 16.5. The normalized spacial score (nSPS) is 12.8. The molecular formula is C30H37N4O6+. The van der Waals surface area contributed by atoms with Crippen molar-refractivity contribution in [2.75, 3.05) is 20.1 Å². The molecule has 0 aliphatic heterocycles. The van der Waals surface area contributed by atoms with Gasteiger partial charge in [0.2, 0.25) is 0 Å². The van der Waals surface area contributed by atoms with Crippen molar-refractivity contribution >= 4 is 40.9 Å². The molecule has 10 heteroatoms. The Morgan fingerprint density at radius 3 is 2.48 bits per heavy atom. The summed E-state index contributed by atoms with van der Waals surface area (Å²) in [4.78, 5) is 54.9. The number of hydrogen-bond donors (Lipinski definition) is 3. The van der Waals surface area contributed by atoms with Gasteiger partial charge in [0, 0.05) is 18.0 Å². The molecule has 1 heterocycles. The molecule has 2 atom stereocenters. The van der Waals surface area contributed by atoms with Crippen LogP contribution < -0.4 is 16.0 Å². The summed E-state index contributed by atoms with van der Waals surface area (Å²) >= 11 is 0. The van der Waals surface area contributed by atoms with Gasteiger partial charge in [0.25, 0.3) is 11.8 Å². The standard InChI is InChI=1S/C30H36N4O6/c1-20(2)15-24(34-29(37)27-16-22-11-7-8-12-26(22)40-27)28(36)32-17-23(13-14-31-3)25(35)18-33-30(38)39-19-21-9-5-4-6-10-21/h4-12,16-17,20,23-24,31H,13-15,18-19H2,1-3H3,(H,33,38)(H,34,37)/p+1/t23?,24-/m0/s1. The van der Waals surface area contributed by atoms with Gasteiger partial charge in [0.05, 0.1) is 26.1 Å². The molecule has 0 aliphatic rings. The fraction of sp³-hybridized carbons (Fsp3) is 0.367. The quantitative estimate of drug-likeness (QED) is 0.264. The average molecular weight is 550 g/mol. The molecule has 0 aliphatic carbocycles. The van der Waals surface area contributed by atoms with Crippen LogP contribution in [0.3, 0.4) is 0 Å². The molecular weight excluding hydrogens is 512 g/mol. The summed E-state index contributed by atoms with van der Waals surface area (Å²) in [7, 11) is 1.87. The van der Waals surface area contributed by atoms with E-state index in [9.17, 15) is 19.2 Å². The van der Waals surface area contributed by atoms with Gasteiger partial charge < -0.3 is 25.1 Å². The Morgan fingerprint density at radius 2 is 1.77 bits per heavy atom. The van der Waals surface area contributed by atoms with E-state index in [0.717, 1.165) is 10.9 Å². The SMILES string of the molecule is C[NH2+]CCC(C=NC(=O)[C@H](CC(C)C)NC(=O)c1cc2ccccc2o1)C(=O)CNC(=O)OCc1ccccc1. The number of Topliss-reactive ketones (excluding diaryl/α,β-unsaturated/α-hetero) is 1. The van der Waals surface area contributed by atoms with Gasteiger partial charge in [-0.15, -0.1) is 0 Å². The molecule has 3 aromatic rings. The first kappa shape index (κ1) is 30.2. The van der Waals surface area contributed by atoms with Crippen molar-refractivity contribution in [2.24, 2.45) is 16.8 Å². The van der Waals surface area contributed by atoms with E-state index in [0.29, 0.717) is 25.0 Å². The molecule has 3 rings (SSSR count). The Labute approximate surface area is 233 Å². The molecule has 0 spiro atoms. The van der Waals surface area contributed by atoms with Gasteiger partial charge >= 0.3 is 6.09 Å². The lowest BCUT2D eigenvalue weighted by Crippen LogP contribution is -2.80. The number of carbonyl (C=O) groups excluding carboxylic acids is 4. The minimum Gasteiger partial charge on any atom is -0.451 e. The molecule has 212 valence electrons. The van der Waals surface area contributed by atoms with Gasteiger partial charge in [0.15, 0.2) is 11.5 Å². The van der Waals surface area contributed by atoms with Crippen molar-refractivity contribution in [1.82, 2.24) is 10.6 Å². The third kappa shape index (κ3) is 9.46. The average Bonchev–Trinajstić information content (AvgIpc) is 3.39. The highest BCUT2D eigenvalue weighted by molar-refractivity contribution is 6.03. The molecule has 40 heavy (non-hydrogen) atoms. The molecule has 4 N–H and O–H groups in total. The number of rotatable bonds is 14. The minimum atomic E-state index is -0.892. The summed E-state index contributed by atoms with van der Waals surface area (Å²) in [6.07, 6.45) is 1.38. The van der Waals surface area contributed by atoms with Gasteiger partial charge in [-0.25, -0.2) is 9.79 Å². The fourth-order valence-electron chi connectivity index (χ4n) is 4.00. The van der Waals surface area contributed by atoms with Crippen molar-refractivity contribution in [2.45, 2.75) is 39.3 Å². The lowest BCUT2D eigenvalue weighted by Gasteiger charge is -2.17. The fourth-order valence-corrected chi connectivity index (χ4v) is 4.00. The van der Waals surface area contributed by atoms with Gasteiger partial charge in [-0.05, 0) is 30.0 Å². The molecule has 1 unspecified atom stereocenters. The van der Waals surface area contributed by atoms with Gasteiger partial charge in [-0.3, -0.25) is 14.4 Å². The summed E-state index contributed by atoms with van der Waals surface area (Å²) in [5.41, 5.74) is 1.40. The number of nitrogens with two attached hydrogens (primary N) is 1. The van der Waals surface area contributed by atoms with Gasteiger partial charge in [-0.2, -0.15) is 0 Å². The van der Waals surface area contributed by atoms with Gasteiger partial charge in [0.1, 0.15) is 18.2 Å². The summed E-state index contributed by atoms with van der Waals surface area (Å²) in [5, 5.41) is 7.89. The van der Waals surface area contributed by atoms with Crippen molar-refractivity contribution in [3.05, 3.63) is 72.0 Å². The van der Waals surface area contributed by atoms with Crippen molar-refractivity contribution in [1.29, 1.82) is 0 Å². The summed E-state index contributed by atoms with van der Waals surface area (Å²) in [6, 6.07) is 17.2. The number of ether oxygens (including phenoxy) is 1. The number of carbonyl (C=O) groups is 4. The Hall–Kier alpha value is -4.31. The third-order valence-corrected chi connectivity index (χ3v) is 6.14. The van der Waals surface area contributed by atoms with Gasteiger partial charge in [-0.1, -0.05) is 62.4 Å². The predicted octanol–water partition coefficient (Wildman–Crippen LogP) is 2.87. The van der Waals surface area contributed by atoms with E-state index in [1.165, 1.54) is 6.21 Å². The number of quaternary nitrogens is 1. The summed E-state index contributed by atoms with van der Waals surface area (Å²) in [5.74, 6) is -1.88. The number of para-hydroxylation sites is 1. The molecule has 0 fully saturated rings. The maximum atomic E-state index is 13.1. The Balaban J connectivity index is 1.60. The van der Waals surface area contributed by atoms with Crippen LogP contribution in [0.2, 0.25) is 0 Å². The number of ketones is 1. The second-order valence-electron chi connectivity index (χ2n) is 9.89. The smallest absolute Gasteiger partial charge is 0.407 e. The lowest BCUT2D eigenvalue weighted by atomic mass is 10.0. The summed E-state index contributed by atoms with van der Waals surface area (Å²) in [6.45, 7) is 4.31. The highest BCUT2D eigenvalue weighted by Crippen LogP contribution is 2.19. The Bertz CT molecular complexity index is 1280. The molecule has 0 bridgehead atoms. The van der Waals surface area contributed by atoms with Crippen LogP contribution in [0, 0.1) is 11.8 Å². The first-order valence-electron chi connectivity index (χ1n) is 13.4. The van der Waals surface area contributed by atoms with E-state index in [4.69, 9.17) is 9.15 Å². The Morgan fingerprint density at radius 1 is 1.05 bits per heavy atom. The molecule has 1 aromatic heterocycles. The number of fused-ring (bicyclic) bond motifs is 1. The van der Waals surface area contributed by atoms with Crippen LogP contribution in [0.25, 0.3) is 11.0 Å². The monoisotopic (exact) mass is 549 g/mol. The minimum absolute atomic E-state index is 0.0854. The number of hydrogen-bond acceptors (Lipinski definition) is 6. The van der Waals surface area contributed by atoms with Crippen LogP contribution in [0.15, 0.2) is 70.1 Å². The summed E-state index contributed by atoms with van der Waals surface area (Å²) < 4.78 is 10.8. The number of nitrogens with one attached hydrogen (secondary N) is 2. The molecule has 0 radical (unpaired) electrons. The van der Waals surface area contributed by atoms with Crippen LogP contribution in [-0.2, 0) is 20.9 Å². The topological polar surface area (TPSA) is 144 Å². The van der Waals surface area contributed by atoms with Crippen molar-refractivity contribution in [3.63, 3.8) is 0 Å².